The highest BCUT2D eigenvalue weighted by Crippen LogP contribution is 2.55. The molecule has 1 saturated heterocycles. The number of anilines is 1. The Hall–Kier alpha value is -2.42. The molecule has 2 aliphatic carbocycles. The van der Waals surface area contributed by atoms with Crippen LogP contribution in [0.1, 0.15) is 38.5 Å². The average Bonchev–Trinajstić information content (AvgIpc) is 3.52. The number of oxazole rings is 1. The van der Waals surface area contributed by atoms with E-state index in [1.807, 2.05) is 0 Å². The van der Waals surface area contributed by atoms with Crippen molar-refractivity contribution in [3.63, 3.8) is 0 Å². The average molecular weight is 376 g/mol. The summed E-state index contributed by atoms with van der Waals surface area (Å²) in [6.45, 7) is 0.500. The van der Waals surface area contributed by atoms with Crippen LogP contribution in [-0.2, 0) is 14.4 Å². The van der Waals surface area contributed by atoms with Crippen LogP contribution in [0.4, 0.5) is 6.01 Å². The topological polar surface area (TPSA) is 116 Å². The van der Waals surface area contributed by atoms with E-state index in [1.54, 1.807) is 4.90 Å². The Morgan fingerprint density at radius 1 is 1.48 bits per heavy atom. The predicted octanol–water partition coefficient (Wildman–Crippen LogP) is 1.26. The van der Waals surface area contributed by atoms with Crippen molar-refractivity contribution in [2.45, 2.75) is 44.6 Å². The molecule has 0 bridgehead atoms. The molecule has 2 N–H and O–H groups in total. The predicted molar refractivity (Wildman–Crippen MR) is 92.3 cm³/mol. The van der Waals surface area contributed by atoms with E-state index < -0.39 is 12.0 Å². The molecule has 3 amide bonds. The van der Waals surface area contributed by atoms with Crippen molar-refractivity contribution in [3.8, 4) is 0 Å². The monoisotopic (exact) mass is 376 g/mol. The molecule has 1 unspecified atom stereocenters. The number of rotatable bonds is 8. The van der Waals surface area contributed by atoms with Gasteiger partial charge in [-0.05, 0) is 37.0 Å². The summed E-state index contributed by atoms with van der Waals surface area (Å²) in [4.78, 5) is 42.4. The van der Waals surface area contributed by atoms with Gasteiger partial charge in [0, 0.05) is 6.54 Å². The number of hydrogen-bond acceptors (Lipinski definition) is 6. The fraction of sp³-hybridized carbons (Fsp3) is 0.667. The lowest BCUT2D eigenvalue weighted by Crippen LogP contribution is -2.47. The third kappa shape index (κ3) is 3.97. The van der Waals surface area contributed by atoms with Crippen molar-refractivity contribution in [1.82, 2.24) is 14.9 Å². The molecular formula is C18H24N4O5. The van der Waals surface area contributed by atoms with E-state index in [9.17, 15) is 19.6 Å². The summed E-state index contributed by atoms with van der Waals surface area (Å²) >= 11 is 0. The largest absolute Gasteiger partial charge is 0.432 e. The maximum Gasteiger partial charge on any atom is 0.301 e. The number of carbonyl (C=O) groups is 3. The quantitative estimate of drug-likeness (QED) is 0.401. The molecular weight excluding hydrogens is 352 g/mol. The highest BCUT2D eigenvalue weighted by molar-refractivity contribution is 5.96. The van der Waals surface area contributed by atoms with Gasteiger partial charge in [-0.1, -0.05) is 12.8 Å². The molecule has 1 aromatic rings. The maximum atomic E-state index is 13.2. The van der Waals surface area contributed by atoms with E-state index >= 15 is 0 Å². The Labute approximate surface area is 156 Å². The summed E-state index contributed by atoms with van der Waals surface area (Å²) in [6.07, 6.45) is 8.52. The molecule has 0 radical (unpaired) electrons. The van der Waals surface area contributed by atoms with Crippen molar-refractivity contribution in [1.29, 1.82) is 0 Å². The minimum atomic E-state index is -0.586. The van der Waals surface area contributed by atoms with E-state index in [-0.39, 0.29) is 29.8 Å². The van der Waals surface area contributed by atoms with Crippen molar-refractivity contribution < 1.29 is 24.0 Å². The number of likely N-dealkylation sites (tertiary alicyclic amines) is 1. The summed E-state index contributed by atoms with van der Waals surface area (Å²) in [7, 11) is 0. The number of carbonyl (C=O) groups excluding carboxylic acids is 3. The normalized spacial score (nSPS) is 23.9. The first-order chi connectivity index (χ1) is 13.0. The fourth-order valence-corrected chi connectivity index (χ4v) is 4.05. The van der Waals surface area contributed by atoms with Crippen LogP contribution in [0.2, 0.25) is 0 Å². The molecule has 2 atom stereocenters. The zero-order valence-corrected chi connectivity index (χ0v) is 15.0. The number of aromatic nitrogens is 1. The number of hydroxylamine groups is 2. The SMILES string of the molecule is O=CN(O)CC(CC1CC1)C(=O)N1CC2(CC2)C[C@H]1C(=O)Nc1ncco1. The van der Waals surface area contributed by atoms with Gasteiger partial charge in [0.1, 0.15) is 12.3 Å². The lowest BCUT2D eigenvalue weighted by Gasteiger charge is -2.29. The molecule has 2 saturated carbocycles. The van der Waals surface area contributed by atoms with Crippen LogP contribution in [0.5, 0.6) is 0 Å². The molecule has 9 heteroatoms. The molecule has 1 spiro atoms. The maximum absolute atomic E-state index is 13.2. The number of amides is 3. The van der Waals surface area contributed by atoms with Gasteiger partial charge >= 0.3 is 6.01 Å². The Bertz CT molecular complexity index is 713. The zero-order chi connectivity index (χ0) is 19.0. The van der Waals surface area contributed by atoms with Gasteiger partial charge in [0.25, 0.3) is 5.91 Å². The summed E-state index contributed by atoms with van der Waals surface area (Å²) in [6, 6.07) is -0.474. The second-order valence-electron chi connectivity index (χ2n) is 8.12. The molecule has 4 rings (SSSR count). The molecule has 3 fully saturated rings. The van der Waals surface area contributed by atoms with Crippen LogP contribution in [0.15, 0.2) is 16.9 Å². The Morgan fingerprint density at radius 3 is 2.85 bits per heavy atom. The Balaban J connectivity index is 1.49. The van der Waals surface area contributed by atoms with Crippen LogP contribution in [0.3, 0.4) is 0 Å². The first-order valence-corrected chi connectivity index (χ1v) is 9.41. The van der Waals surface area contributed by atoms with Gasteiger partial charge in [0.2, 0.25) is 12.3 Å². The first-order valence-electron chi connectivity index (χ1n) is 9.41. The Kier molecular flexibility index (Phi) is 4.63. The van der Waals surface area contributed by atoms with Gasteiger partial charge in [0.05, 0.1) is 18.7 Å². The highest BCUT2D eigenvalue weighted by Gasteiger charge is 2.56. The highest BCUT2D eigenvalue weighted by atomic mass is 16.5. The molecule has 3 aliphatic rings. The second kappa shape index (κ2) is 6.95. The molecule has 2 heterocycles. The minimum absolute atomic E-state index is 0.0297. The number of nitrogens with zero attached hydrogens (tertiary/aromatic N) is 3. The molecule has 9 nitrogen and oxygen atoms in total. The smallest absolute Gasteiger partial charge is 0.301 e. The number of hydrogen-bond donors (Lipinski definition) is 2. The van der Waals surface area contributed by atoms with Crippen LogP contribution >= 0.6 is 0 Å². The van der Waals surface area contributed by atoms with Crippen LogP contribution in [0, 0.1) is 17.3 Å². The van der Waals surface area contributed by atoms with Gasteiger partial charge in [0.15, 0.2) is 0 Å². The van der Waals surface area contributed by atoms with E-state index in [4.69, 9.17) is 4.42 Å². The van der Waals surface area contributed by atoms with Gasteiger partial charge in [-0.15, -0.1) is 0 Å². The third-order valence-electron chi connectivity index (χ3n) is 5.91. The standard InChI is InChI=1S/C18H24N4O5/c23-11-21(26)9-13(7-12-1-2-12)16(25)22-10-18(3-4-18)8-14(22)15(24)20-17-19-5-6-27-17/h5-6,11-14,26H,1-4,7-10H2,(H,19,20,24)/t13?,14-/m0/s1. The zero-order valence-electron chi connectivity index (χ0n) is 15.0. The molecule has 1 aromatic heterocycles. The summed E-state index contributed by atoms with van der Waals surface area (Å²) in [5.41, 5.74) is 0.0297. The number of nitrogens with one attached hydrogen (secondary N) is 1. The minimum Gasteiger partial charge on any atom is -0.432 e. The molecule has 27 heavy (non-hydrogen) atoms. The first kappa shape index (κ1) is 18.0. The van der Waals surface area contributed by atoms with E-state index in [0.717, 1.165) is 25.7 Å². The van der Waals surface area contributed by atoms with Crippen molar-refractivity contribution >= 4 is 24.2 Å². The summed E-state index contributed by atoms with van der Waals surface area (Å²) in [5, 5.41) is 12.8. The van der Waals surface area contributed by atoms with Gasteiger partial charge in [-0.25, -0.2) is 10.0 Å². The second-order valence-corrected chi connectivity index (χ2v) is 8.12. The van der Waals surface area contributed by atoms with Crippen molar-refractivity contribution in [3.05, 3.63) is 12.5 Å². The summed E-state index contributed by atoms with van der Waals surface area (Å²) in [5.74, 6) is -0.523. The van der Waals surface area contributed by atoms with Gasteiger partial charge in [-0.3, -0.25) is 24.9 Å². The van der Waals surface area contributed by atoms with E-state index in [1.165, 1.54) is 12.5 Å². The van der Waals surface area contributed by atoms with Crippen LogP contribution < -0.4 is 5.32 Å². The molecule has 146 valence electrons. The lowest BCUT2D eigenvalue weighted by molar-refractivity contribution is -0.158. The molecule has 0 aromatic carbocycles. The van der Waals surface area contributed by atoms with Crippen LogP contribution in [-0.4, -0.2) is 57.5 Å². The van der Waals surface area contributed by atoms with Gasteiger partial charge < -0.3 is 9.32 Å². The Morgan fingerprint density at radius 2 is 2.26 bits per heavy atom. The van der Waals surface area contributed by atoms with E-state index in [2.05, 4.69) is 10.3 Å². The summed E-state index contributed by atoms with van der Waals surface area (Å²) < 4.78 is 5.08. The van der Waals surface area contributed by atoms with Crippen molar-refractivity contribution in [2.75, 3.05) is 18.4 Å². The fourth-order valence-electron chi connectivity index (χ4n) is 4.05. The lowest BCUT2D eigenvalue weighted by atomic mass is 9.99. The van der Waals surface area contributed by atoms with Gasteiger partial charge in [-0.2, -0.15) is 0 Å². The van der Waals surface area contributed by atoms with Crippen molar-refractivity contribution in [2.24, 2.45) is 17.3 Å². The van der Waals surface area contributed by atoms with E-state index in [0.29, 0.717) is 36.8 Å². The third-order valence-corrected chi connectivity index (χ3v) is 5.91. The molecule has 1 aliphatic heterocycles. The van der Waals surface area contributed by atoms with Crippen LogP contribution in [0.25, 0.3) is 0 Å².